The number of fused-ring (bicyclic) bond motifs is 1. The lowest BCUT2D eigenvalue weighted by atomic mass is 10.0. The predicted molar refractivity (Wildman–Crippen MR) is 119 cm³/mol. The van der Waals surface area contributed by atoms with E-state index in [1.165, 1.54) is 6.20 Å². The zero-order valence-corrected chi connectivity index (χ0v) is 18.2. The zero-order valence-electron chi connectivity index (χ0n) is 16.7. The Morgan fingerprint density at radius 1 is 1.06 bits per heavy atom. The van der Waals surface area contributed by atoms with Crippen LogP contribution in [0.3, 0.4) is 0 Å². The number of hydrogen-bond acceptors (Lipinski definition) is 6. The summed E-state index contributed by atoms with van der Waals surface area (Å²) >= 11 is 12.2. The molecule has 160 valence electrons. The lowest BCUT2D eigenvalue weighted by molar-refractivity contribution is 0.354. The number of nitrogens with one attached hydrogen (secondary N) is 3. The first-order valence-electron chi connectivity index (χ1n) is 9.32. The number of hydrogen-bond donors (Lipinski definition) is 3. The van der Waals surface area contributed by atoms with E-state index in [-0.39, 0.29) is 5.56 Å². The van der Waals surface area contributed by atoms with Gasteiger partial charge in [-0.2, -0.15) is 5.10 Å². The molecular formula is C21H19Cl2N5O3. The van der Waals surface area contributed by atoms with Crippen LogP contribution in [0.4, 0.5) is 0 Å². The topological polar surface area (TPSA) is 105 Å². The highest BCUT2D eigenvalue weighted by Crippen LogP contribution is 2.32. The molecule has 0 aliphatic carbocycles. The van der Waals surface area contributed by atoms with Crippen molar-refractivity contribution >= 4 is 34.2 Å². The lowest BCUT2D eigenvalue weighted by Crippen LogP contribution is -2.26. The Hall–Kier alpha value is -3.07. The van der Waals surface area contributed by atoms with Gasteiger partial charge in [-0.1, -0.05) is 35.3 Å². The van der Waals surface area contributed by atoms with E-state index in [0.29, 0.717) is 44.9 Å². The molecule has 0 saturated carbocycles. The molecule has 4 rings (SSSR count). The van der Waals surface area contributed by atoms with Gasteiger partial charge in [-0.15, -0.1) is 0 Å². The molecule has 2 aromatic heterocycles. The van der Waals surface area contributed by atoms with Crippen LogP contribution in [0.5, 0.6) is 11.5 Å². The second kappa shape index (κ2) is 8.97. The molecule has 4 aromatic rings. The van der Waals surface area contributed by atoms with Crippen molar-refractivity contribution in [3.63, 3.8) is 0 Å². The monoisotopic (exact) mass is 459 g/mol. The van der Waals surface area contributed by atoms with Crippen molar-refractivity contribution in [2.24, 2.45) is 0 Å². The van der Waals surface area contributed by atoms with Crippen LogP contribution in [0.2, 0.25) is 10.0 Å². The van der Waals surface area contributed by atoms with Gasteiger partial charge in [0.25, 0.3) is 5.56 Å². The van der Waals surface area contributed by atoms with E-state index in [4.69, 9.17) is 32.7 Å². The Morgan fingerprint density at radius 2 is 1.87 bits per heavy atom. The Balaban J connectivity index is 1.75. The van der Waals surface area contributed by atoms with Crippen LogP contribution < -0.4 is 20.3 Å². The molecule has 0 aliphatic heterocycles. The van der Waals surface area contributed by atoms with Crippen molar-refractivity contribution < 1.29 is 9.47 Å². The number of halogens is 2. The minimum Gasteiger partial charge on any atom is -0.493 e. The van der Waals surface area contributed by atoms with Gasteiger partial charge in [-0.3, -0.25) is 15.2 Å². The molecule has 0 radical (unpaired) electrons. The number of ether oxygens (including phenoxy) is 2. The van der Waals surface area contributed by atoms with Crippen molar-refractivity contribution in [3.8, 4) is 11.5 Å². The van der Waals surface area contributed by atoms with Gasteiger partial charge in [0.05, 0.1) is 36.5 Å². The Labute approximate surface area is 187 Å². The molecule has 0 fully saturated rings. The van der Waals surface area contributed by atoms with Gasteiger partial charge in [-0.05, 0) is 35.4 Å². The molecule has 0 spiro atoms. The van der Waals surface area contributed by atoms with Crippen molar-refractivity contribution in [1.82, 2.24) is 25.5 Å². The van der Waals surface area contributed by atoms with Gasteiger partial charge < -0.3 is 14.5 Å². The number of benzene rings is 2. The number of aromatic nitrogens is 4. The summed E-state index contributed by atoms with van der Waals surface area (Å²) in [5.74, 6) is 1.60. The fourth-order valence-corrected chi connectivity index (χ4v) is 3.60. The van der Waals surface area contributed by atoms with Crippen LogP contribution >= 0.6 is 23.2 Å². The fourth-order valence-electron chi connectivity index (χ4n) is 3.28. The molecule has 3 N–H and O–H groups in total. The Kier molecular flexibility index (Phi) is 6.13. The summed E-state index contributed by atoms with van der Waals surface area (Å²) < 4.78 is 10.8. The molecular weight excluding hydrogens is 441 g/mol. The van der Waals surface area contributed by atoms with Crippen molar-refractivity contribution in [2.75, 3.05) is 14.2 Å². The van der Waals surface area contributed by atoms with Crippen LogP contribution in [0.15, 0.2) is 47.4 Å². The maximum Gasteiger partial charge on any atom is 0.276 e. The number of aromatic amines is 2. The van der Waals surface area contributed by atoms with Gasteiger partial charge in [-0.25, -0.2) is 4.98 Å². The summed E-state index contributed by atoms with van der Waals surface area (Å²) in [7, 11) is 3.14. The Morgan fingerprint density at radius 3 is 2.61 bits per heavy atom. The third kappa shape index (κ3) is 4.36. The largest absolute Gasteiger partial charge is 0.493 e. The molecule has 31 heavy (non-hydrogen) atoms. The minimum absolute atomic E-state index is 0.306. The van der Waals surface area contributed by atoms with Gasteiger partial charge in [0, 0.05) is 6.54 Å². The lowest BCUT2D eigenvalue weighted by Gasteiger charge is -2.20. The summed E-state index contributed by atoms with van der Waals surface area (Å²) in [6.07, 6.45) is 1.51. The average Bonchev–Trinajstić information content (AvgIpc) is 3.25. The number of nitrogens with zero attached hydrogens (tertiary/aromatic N) is 2. The molecule has 1 atom stereocenters. The highest BCUT2D eigenvalue weighted by Gasteiger charge is 2.20. The van der Waals surface area contributed by atoms with E-state index in [1.54, 1.807) is 32.4 Å². The molecule has 1 unspecified atom stereocenters. The van der Waals surface area contributed by atoms with Gasteiger partial charge in [0.2, 0.25) is 0 Å². The van der Waals surface area contributed by atoms with Crippen LogP contribution in [0.25, 0.3) is 11.0 Å². The second-order valence-corrected chi connectivity index (χ2v) is 7.57. The van der Waals surface area contributed by atoms with Crippen LogP contribution in [0.1, 0.15) is 23.0 Å². The summed E-state index contributed by atoms with van der Waals surface area (Å²) in [5.41, 5.74) is 2.23. The normalized spacial score (nSPS) is 12.1. The predicted octanol–water partition coefficient (Wildman–Crippen LogP) is 3.85. The van der Waals surface area contributed by atoms with Gasteiger partial charge in [0.15, 0.2) is 11.5 Å². The third-order valence-electron chi connectivity index (χ3n) is 4.84. The highest BCUT2D eigenvalue weighted by atomic mass is 35.5. The fraction of sp³-hybridized carbons (Fsp3) is 0.190. The van der Waals surface area contributed by atoms with E-state index in [2.05, 4.69) is 25.5 Å². The molecule has 2 heterocycles. The third-order valence-corrected chi connectivity index (χ3v) is 5.58. The molecule has 8 nitrogen and oxygen atoms in total. The Bertz CT molecular complexity index is 1290. The van der Waals surface area contributed by atoms with Gasteiger partial charge >= 0.3 is 0 Å². The number of rotatable bonds is 7. The first-order valence-corrected chi connectivity index (χ1v) is 10.1. The van der Waals surface area contributed by atoms with Gasteiger partial charge in [0.1, 0.15) is 16.9 Å². The quantitative estimate of drug-likeness (QED) is 0.387. The van der Waals surface area contributed by atoms with Crippen LogP contribution in [-0.2, 0) is 6.54 Å². The first-order chi connectivity index (χ1) is 15.0. The highest BCUT2D eigenvalue weighted by molar-refractivity contribution is 6.42. The maximum absolute atomic E-state index is 12.5. The van der Waals surface area contributed by atoms with Crippen LogP contribution in [-0.4, -0.2) is 34.4 Å². The molecule has 10 heteroatoms. The van der Waals surface area contributed by atoms with E-state index in [0.717, 1.165) is 11.1 Å². The van der Waals surface area contributed by atoms with Crippen molar-refractivity contribution in [3.05, 3.63) is 79.9 Å². The number of methoxy groups -OCH3 is 2. The van der Waals surface area contributed by atoms with E-state index in [9.17, 15) is 4.79 Å². The van der Waals surface area contributed by atoms with Crippen molar-refractivity contribution in [1.29, 1.82) is 0 Å². The average molecular weight is 460 g/mol. The van der Waals surface area contributed by atoms with E-state index >= 15 is 0 Å². The molecule has 2 aromatic carbocycles. The van der Waals surface area contributed by atoms with E-state index < -0.39 is 6.04 Å². The first kappa shape index (κ1) is 21.2. The zero-order chi connectivity index (χ0) is 22.0. The summed E-state index contributed by atoms with van der Waals surface area (Å²) in [6, 6.07) is 10.5. The molecule has 0 amide bonds. The number of H-pyrrole nitrogens is 2. The minimum atomic E-state index is -0.457. The second-order valence-electron chi connectivity index (χ2n) is 6.76. The summed E-state index contributed by atoms with van der Waals surface area (Å²) in [5, 5.41) is 10.9. The SMILES string of the molecule is COc1ccc(C(NCc2ccc(Cl)c(Cl)c2)c2nc3cn[nH]c3c(=O)[nH]2)cc1OC. The summed E-state index contributed by atoms with van der Waals surface area (Å²) in [6.45, 7) is 0.447. The smallest absolute Gasteiger partial charge is 0.276 e. The maximum atomic E-state index is 12.5. The molecule has 0 saturated heterocycles. The van der Waals surface area contributed by atoms with E-state index in [1.807, 2.05) is 18.2 Å². The molecule has 0 bridgehead atoms. The molecule has 0 aliphatic rings. The van der Waals surface area contributed by atoms with Crippen molar-refractivity contribution in [2.45, 2.75) is 12.6 Å². The summed E-state index contributed by atoms with van der Waals surface area (Å²) in [4.78, 5) is 19.9. The standard InChI is InChI=1S/C21H19Cl2N5O3/c1-30-16-6-4-12(8-17(16)31-2)18(24-9-11-3-5-13(22)14(23)7-11)20-26-15-10-25-28-19(15)21(29)27-20/h3-8,10,18,24H,9H2,1-2H3,(H,25,28)(H,26,27,29). The van der Waals surface area contributed by atoms with Crippen LogP contribution in [0, 0.1) is 0 Å².